The van der Waals surface area contributed by atoms with E-state index in [0.29, 0.717) is 60.0 Å². The highest BCUT2D eigenvalue weighted by atomic mass is 35.5. The molecular formula is C23H26ClN5O4S. The van der Waals surface area contributed by atoms with Crippen molar-refractivity contribution in [3.8, 4) is 0 Å². The molecule has 3 heterocycles. The van der Waals surface area contributed by atoms with Crippen molar-refractivity contribution in [1.82, 2.24) is 20.4 Å². The molecule has 2 N–H and O–H groups in total. The molecule has 1 aliphatic rings. The number of hydrogen-bond donors (Lipinski definition) is 2. The van der Waals surface area contributed by atoms with Crippen molar-refractivity contribution in [1.29, 1.82) is 0 Å². The van der Waals surface area contributed by atoms with Gasteiger partial charge in [-0.2, -0.15) is 0 Å². The number of nitrogens with zero attached hydrogens (tertiary/aromatic N) is 4. The number of aromatic nitrogens is 2. The topological polar surface area (TPSA) is 112 Å². The zero-order valence-electron chi connectivity index (χ0n) is 18.7. The quantitative estimate of drug-likeness (QED) is 0.459. The minimum atomic E-state index is -0.902. The number of hydrogen-bond acceptors (Lipinski definition) is 7. The lowest BCUT2D eigenvalue weighted by molar-refractivity contribution is 0.0917. The van der Waals surface area contributed by atoms with Crippen molar-refractivity contribution in [3.63, 3.8) is 0 Å². The number of halogens is 1. The van der Waals surface area contributed by atoms with Crippen LogP contribution in [0.2, 0.25) is 4.34 Å². The van der Waals surface area contributed by atoms with E-state index in [9.17, 15) is 14.7 Å². The molecule has 1 aliphatic heterocycles. The molecule has 0 spiro atoms. The first-order valence-corrected chi connectivity index (χ1v) is 12.2. The van der Waals surface area contributed by atoms with Gasteiger partial charge in [-0.25, -0.2) is 4.79 Å². The van der Waals surface area contributed by atoms with Gasteiger partial charge in [0.2, 0.25) is 5.89 Å². The number of amides is 2. The lowest BCUT2D eigenvalue weighted by Crippen LogP contribution is -2.39. The Bertz CT molecular complexity index is 1110. The van der Waals surface area contributed by atoms with E-state index in [4.69, 9.17) is 16.0 Å². The highest BCUT2D eigenvalue weighted by molar-refractivity contribution is 7.18. The molecule has 2 aromatic heterocycles. The fourth-order valence-corrected chi connectivity index (χ4v) is 4.97. The van der Waals surface area contributed by atoms with Gasteiger partial charge in [0, 0.05) is 26.7 Å². The second-order valence-electron chi connectivity index (χ2n) is 8.34. The molecule has 180 valence electrons. The van der Waals surface area contributed by atoms with E-state index in [-0.39, 0.29) is 11.8 Å². The van der Waals surface area contributed by atoms with E-state index in [2.05, 4.69) is 15.5 Å². The summed E-state index contributed by atoms with van der Waals surface area (Å²) in [5, 5.41) is 20.7. The Balaban J connectivity index is 1.48. The minimum absolute atomic E-state index is 0.213. The molecule has 0 saturated carbocycles. The Morgan fingerprint density at radius 1 is 1.24 bits per heavy atom. The van der Waals surface area contributed by atoms with Gasteiger partial charge in [0.15, 0.2) is 0 Å². The zero-order valence-corrected chi connectivity index (χ0v) is 20.3. The van der Waals surface area contributed by atoms with Gasteiger partial charge in [-0.3, -0.25) is 4.79 Å². The summed E-state index contributed by atoms with van der Waals surface area (Å²) in [6.45, 7) is 1.53. The molecular weight excluding hydrogens is 478 g/mol. The number of carbonyl (C=O) groups is 2. The van der Waals surface area contributed by atoms with Crippen LogP contribution >= 0.6 is 22.9 Å². The maximum Gasteiger partial charge on any atom is 0.407 e. The van der Waals surface area contributed by atoms with Crippen LogP contribution in [0.1, 0.15) is 46.4 Å². The van der Waals surface area contributed by atoms with Gasteiger partial charge in [0.1, 0.15) is 6.04 Å². The zero-order chi connectivity index (χ0) is 24.1. The highest BCUT2D eigenvalue weighted by Crippen LogP contribution is 2.30. The first kappa shape index (κ1) is 24.0. The number of rotatable bonds is 8. The predicted octanol–water partition coefficient (Wildman–Crippen LogP) is 4.67. The van der Waals surface area contributed by atoms with Gasteiger partial charge in [0.25, 0.3) is 5.91 Å². The Kier molecular flexibility index (Phi) is 7.69. The van der Waals surface area contributed by atoms with Gasteiger partial charge in [-0.15, -0.1) is 16.4 Å². The minimum Gasteiger partial charge on any atom is -0.465 e. The van der Waals surface area contributed by atoms with Gasteiger partial charge >= 0.3 is 12.1 Å². The molecule has 1 saturated heterocycles. The first-order chi connectivity index (χ1) is 16.4. The van der Waals surface area contributed by atoms with Crippen LogP contribution in [0.3, 0.4) is 0 Å². The number of likely N-dealkylation sites (tertiary alicyclic amines) is 1. The summed E-state index contributed by atoms with van der Waals surface area (Å²) in [5.74, 6) is 0.277. The lowest BCUT2D eigenvalue weighted by atomic mass is 9.90. The van der Waals surface area contributed by atoms with E-state index in [1.807, 2.05) is 42.3 Å². The van der Waals surface area contributed by atoms with E-state index < -0.39 is 12.1 Å². The summed E-state index contributed by atoms with van der Waals surface area (Å²) >= 11 is 7.20. The number of nitrogens with one attached hydrogen (secondary N) is 1. The summed E-state index contributed by atoms with van der Waals surface area (Å²) < 4.78 is 6.52. The Morgan fingerprint density at radius 3 is 2.62 bits per heavy atom. The Hall–Kier alpha value is -3.11. The number of carbonyl (C=O) groups excluding carboxylic acids is 1. The van der Waals surface area contributed by atoms with Crippen molar-refractivity contribution in [2.24, 2.45) is 5.92 Å². The van der Waals surface area contributed by atoms with Crippen LogP contribution < -0.4 is 10.2 Å². The van der Waals surface area contributed by atoms with Crippen LogP contribution in [-0.4, -0.2) is 52.3 Å². The largest absolute Gasteiger partial charge is 0.465 e. The maximum absolute atomic E-state index is 12.9. The standard InChI is InChI=1S/C23H26ClN5O4S/c1-28(14-16-5-3-2-4-6-16)22-27-26-21(33-22)17(25-20(30)18-7-8-19(24)34-18)13-15-9-11-29(12-10-15)23(31)32/h2-8,15,17H,9-14H2,1H3,(H,25,30)(H,31,32). The van der Waals surface area contributed by atoms with Gasteiger partial charge in [-0.05, 0) is 42.9 Å². The molecule has 0 aliphatic carbocycles. The van der Waals surface area contributed by atoms with Crippen molar-refractivity contribution in [2.75, 3.05) is 25.0 Å². The number of thiophene rings is 1. The van der Waals surface area contributed by atoms with Gasteiger partial charge in [-0.1, -0.05) is 47.0 Å². The van der Waals surface area contributed by atoms with Crippen LogP contribution in [0.5, 0.6) is 0 Å². The highest BCUT2D eigenvalue weighted by Gasteiger charge is 2.29. The molecule has 11 heteroatoms. The normalized spacial score (nSPS) is 15.2. The lowest BCUT2D eigenvalue weighted by Gasteiger charge is -2.31. The molecule has 4 rings (SSSR count). The predicted molar refractivity (Wildman–Crippen MR) is 129 cm³/mol. The van der Waals surface area contributed by atoms with Crippen molar-refractivity contribution in [3.05, 3.63) is 63.1 Å². The molecule has 3 aromatic rings. The number of anilines is 1. The molecule has 0 radical (unpaired) electrons. The second-order valence-corrected chi connectivity index (χ2v) is 10.1. The fourth-order valence-electron chi connectivity index (χ4n) is 4.03. The third kappa shape index (κ3) is 6.06. The summed E-state index contributed by atoms with van der Waals surface area (Å²) in [5.41, 5.74) is 1.11. The van der Waals surface area contributed by atoms with Crippen LogP contribution in [0, 0.1) is 5.92 Å². The molecule has 9 nitrogen and oxygen atoms in total. The second kappa shape index (κ2) is 10.9. The summed E-state index contributed by atoms with van der Waals surface area (Å²) in [6, 6.07) is 13.2. The molecule has 34 heavy (non-hydrogen) atoms. The number of benzene rings is 1. The van der Waals surface area contributed by atoms with Crippen LogP contribution in [0.25, 0.3) is 0 Å². The molecule has 1 fully saturated rings. The summed E-state index contributed by atoms with van der Waals surface area (Å²) in [7, 11) is 1.87. The van der Waals surface area contributed by atoms with E-state index in [1.165, 1.54) is 16.2 Å². The average molecular weight is 504 g/mol. The third-order valence-corrected chi connectivity index (χ3v) is 7.10. The molecule has 2 amide bonds. The average Bonchev–Trinajstić information content (AvgIpc) is 3.49. The third-order valence-electron chi connectivity index (χ3n) is 5.87. The molecule has 1 aromatic carbocycles. The van der Waals surface area contributed by atoms with Crippen LogP contribution in [-0.2, 0) is 6.54 Å². The van der Waals surface area contributed by atoms with Crippen molar-refractivity contribution >= 4 is 41.0 Å². The van der Waals surface area contributed by atoms with E-state index in [1.54, 1.807) is 12.1 Å². The SMILES string of the molecule is CN(Cc1ccccc1)c1nnc(C(CC2CCN(C(=O)O)CC2)NC(=O)c2ccc(Cl)s2)o1. The van der Waals surface area contributed by atoms with Crippen molar-refractivity contribution < 1.29 is 19.1 Å². The van der Waals surface area contributed by atoms with Crippen LogP contribution in [0.15, 0.2) is 46.9 Å². The fraction of sp³-hybridized carbons (Fsp3) is 0.391. The summed E-state index contributed by atoms with van der Waals surface area (Å²) in [6.07, 6.45) is 1.08. The van der Waals surface area contributed by atoms with E-state index in [0.717, 1.165) is 5.56 Å². The monoisotopic (exact) mass is 503 g/mol. The van der Waals surface area contributed by atoms with Gasteiger partial charge < -0.3 is 24.6 Å². The molecule has 1 unspecified atom stereocenters. The van der Waals surface area contributed by atoms with Crippen molar-refractivity contribution in [2.45, 2.75) is 31.8 Å². The number of carboxylic acid groups (broad SMARTS) is 1. The Morgan fingerprint density at radius 2 is 1.97 bits per heavy atom. The smallest absolute Gasteiger partial charge is 0.407 e. The molecule has 0 bridgehead atoms. The summed E-state index contributed by atoms with van der Waals surface area (Å²) in [4.78, 5) is 27.9. The van der Waals surface area contributed by atoms with E-state index >= 15 is 0 Å². The Labute approximate surface area is 206 Å². The van der Waals surface area contributed by atoms with Gasteiger partial charge in [0.05, 0.1) is 9.21 Å². The van der Waals surface area contributed by atoms with Crippen LogP contribution in [0.4, 0.5) is 10.8 Å². The molecule has 1 atom stereocenters. The first-order valence-electron chi connectivity index (χ1n) is 11.0. The maximum atomic E-state index is 12.9. The number of piperidine rings is 1.